The Morgan fingerprint density at radius 3 is 1.38 bits per heavy atom. The van der Waals surface area contributed by atoms with Crippen LogP contribution in [-0.2, 0) is 28.5 Å². The first-order valence-corrected chi connectivity index (χ1v) is 6.98. The van der Waals surface area contributed by atoms with Crippen LogP contribution >= 0.6 is 0 Å². The van der Waals surface area contributed by atoms with Crippen LogP contribution < -0.4 is 0 Å². The van der Waals surface area contributed by atoms with Gasteiger partial charge in [0.1, 0.15) is 0 Å². The van der Waals surface area contributed by atoms with E-state index in [0.717, 1.165) is 14.2 Å². The van der Waals surface area contributed by atoms with Crippen molar-refractivity contribution in [1.82, 2.24) is 0 Å². The molecule has 8 heteroatoms. The third kappa shape index (κ3) is 4.80. The first kappa shape index (κ1) is 19.1. The van der Waals surface area contributed by atoms with E-state index in [1.54, 1.807) is 0 Å². The Hall–Kier alpha value is -2.90. The van der Waals surface area contributed by atoms with Gasteiger partial charge < -0.3 is 18.9 Å². The van der Waals surface area contributed by atoms with Gasteiger partial charge in [0.05, 0.1) is 25.3 Å². The highest BCUT2D eigenvalue weighted by Gasteiger charge is 2.26. The van der Waals surface area contributed by atoms with Gasteiger partial charge in [0.25, 0.3) is 0 Å². The van der Waals surface area contributed by atoms with Crippen molar-refractivity contribution in [2.24, 2.45) is 0 Å². The Labute approximate surface area is 138 Å². The lowest BCUT2D eigenvalue weighted by Crippen LogP contribution is -2.28. The van der Waals surface area contributed by atoms with Gasteiger partial charge in [-0.05, 0) is 26.0 Å². The van der Waals surface area contributed by atoms with E-state index >= 15 is 0 Å². The van der Waals surface area contributed by atoms with Gasteiger partial charge in [0.15, 0.2) is 12.2 Å². The highest BCUT2D eigenvalue weighted by Crippen LogP contribution is 2.14. The van der Waals surface area contributed by atoms with Crippen molar-refractivity contribution in [3.8, 4) is 0 Å². The minimum atomic E-state index is -1.14. The van der Waals surface area contributed by atoms with Crippen molar-refractivity contribution in [2.75, 3.05) is 14.2 Å². The summed E-state index contributed by atoms with van der Waals surface area (Å²) in [6, 6.07) is 5.71. The molecule has 0 amide bonds. The maximum absolute atomic E-state index is 12.1. The molecule has 0 radical (unpaired) electrons. The first-order chi connectivity index (χ1) is 11.3. The van der Waals surface area contributed by atoms with Gasteiger partial charge in [-0.2, -0.15) is 0 Å². The van der Waals surface area contributed by atoms with Gasteiger partial charge in [0.2, 0.25) is 0 Å². The van der Waals surface area contributed by atoms with Crippen LogP contribution in [0.25, 0.3) is 0 Å². The fraction of sp³-hybridized carbons (Fsp3) is 0.375. The molecule has 0 N–H and O–H groups in total. The predicted molar refractivity (Wildman–Crippen MR) is 80.2 cm³/mol. The van der Waals surface area contributed by atoms with Crippen molar-refractivity contribution >= 4 is 23.9 Å². The molecule has 1 rings (SSSR count). The molecular weight excluding hydrogens is 320 g/mol. The number of hydrogen-bond donors (Lipinski definition) is 0. The summed E-state index contributed by atoms with van der Waals surface area (Å²) in [7, 11) is 2.32. The van der Waals surface area contributed by atoms with E-state index in [4.69, 9.17) is 9.47 Å². The summed E-state index contributed by atoms with van der Waals surface area (Å²) in [5.74, 6) is -3.26. The number of carbonyl (C=O) groups is 4. The quantitative estimate of drug-likeness (QED) is 0.561. The fourth-order valence-corrected chi connectivity index (χ4v) is 1.72. The molecule has 24 heavy (non-hydrogen) atoms. The molecule has 0 spiro atoms. The largest absolute Gasteiger partial charge is 0.466 e. The van der Waals surface area contributed by atoms with Crippen LogP contribution in [0.4, 0.5) is 0 Å². The second-order valence-electron chi connectivity index (χ2n) is 4.69. The number of rotatable bonds is 6. The average Bonchev–Trinajstić information content (AvgIpc) is 2.59. The van der Waals surface area contributed by atoms with E-state index in [1.165, 1.54) is 38.1 Å². The van der Waals surface area contributed by atoms with Crippen molar-refractivity contribution in [1.29, 1.82) is 0 Å². The van der Waals surface area contributed by atoms with Crippen LogP contribution in [0.15, 0.2) is 24.3 Å². The number of benzene rings is 1. The standard InChI is InChI=1S/C16H18O8/c1-9(13(17)21-3)23-15(19)11-7-5-6-8-12(11)16(20)24-10(2)14(18)22-4/h5-10H,1-4H3. The zero-order chi connectivity index (χ0) is 18.3. The molecule has 0 aliphatic heterocycles. The van der Waals surface area contributed by atoms with Crippen molar-refractivity contribution in [3.63, 3.8) is 0 Å². The smallest absolute Gasteiger partial charge is 0.346 e. The van der Waals surface area contributed by atoms with Gasteiger partial charge in [0, 0.05) is 0 Å². The zero-order valence-electron chi connectivity index (χ0n) is 13.7. The molecular formula is C16H18O8. The van der Waals surface area contributed by atoms with E-state index in [0.29, 0.717) is 0 Å². The van der Waals surface area contributed by atoms with Crippen LogP contribution in [0.3, 0.4) is 0 Å². The monoisotopic (exact) mass is 338 g/mol. The minimum Gasteiger partial charge on any atom is -0.466 e. The Bertz CT molecular complexity index is 582. The summed E-state index contributed by atoms with van der Waals surface area (Å²) in [4.78, 5) is 46.9. The summed E-state index contributed by atoms with van der Waals surface area (Å²) in [6.07, 6.45) is -2.28. The molecule has 1 aromatic rings. The van der Waals surface area contributed by atoms with Gasteiger partial charge in [-0.3, -0.25) is 0 Å². The Balaban J connectivity index is 2.95. The summed E-state index contributed by atoms with van der Waals surface area (Å²) in [5, 5.41) is 0. The summed E-state index contributed by atoms with van der Waals surface area (Å²) in [6.45, 7) is 2.67. The second kappa shape index (κ2) is 8.66. The first-order valence-electron chi connectivity index (χ1n) is 6.98. The van der Waals surface area contributed by atoms with Crippen LogP contribution in [0.2, 0.25) is 0 Å². The van der Waals surface area contributed by atoms with Crippen molar-refractivity contribution in [2.45, 2.75) is 26.1 Å². The zero-order valence-corrected chi connectivity index (χ0v) is 13.7. The number of hydrogen-bond acceptors (Lipinski definition) is 8. The predicted octanol–water partition coefficient (Wildman–Crippen LogP) is 1.12. The third-order valence-corrected chi connectivity index (χ3v) is 3.00. The summed E-state index contributed by atoms with van der Waals surface area (Å²) >= 11 is 0. The molecule has 2 unspecified atom stereocenters. The summed E-state index contributed by atoms with van der Waals surface area (Å²) < 4.78 is 18.8. The number of ether oxygens (including phenoxy) is 4. The second-order valence-corrected chi connectivity index (χ2v) is 4.69. The highest BCUT2D eigenvalue weighted by molar-refractivity contribution is 6.04. The van der Waals surface area contributed by atoms with E-state index in [2.05, 4.69) is 9.47 Å². The normalized spacial score (nSPS) is 12.5. The Morgan fingerprint density at radius 2 is 1.08 bits per heavy atom. The van der Waals surface area contributed by atoms with Gasteiger partial charge in [-0.15, -0.1) is 0 Å². The lowest BCUT2D eigenvalue weighted by Gasteiger charge is -2.14. The maximum atomic E-state index is 12.1. The van der Waals surface area contributed by atoms with E-state index in [9.17, 15) is 19.2 Å². The highest BCUT2D eigenvalue weighted by atomic mass is 16.6. The molecule has 8 nitrogen and oxygen atoms in total. The molecule has 0 aromatic heterocycles. The molecule has 0 heterocycles. The summed E-state index contributed by atoms with van der Waals surface area (Å²) in [5.41, 5.74) is -0.203. The molecule has 2 atom stereocenters. The maximum Gasteiger partial charge on any atom is 0.346 e. The van der Waals surface area contributed by atoms with Crippen LogP contribution in [0.1, 0.15) is 34.6 Å². The molecule has 0 saturated heterocycles. The molecule has 0 bridgehead atoms. The van der Waals surface area contributed by atoms with E-state index < -0.39 is 36.1 Å². The Kier molecular flexibility index (Phi) is 6.91. The number of esters is 4. The minimum absolute atomic E-state index is 0.102. The van der Waals surface area contributed by atoms with Gasteiger partial charge >= 0.3 is 23.9 Å². The molecule has 0 aliphatic carbocycles. The molecule has 0 fully saturated rings. The number of methoxy groups -OCH3 is 2. The van der Waals surface area contributed by atoms with E-state index in [-0.39, 0.29) is 11.1 Å². The van der Waals surface area contributed by atoms with Gasteiger partial charge in [-0.25, -0.2) is 19.2 Å². The van der Waals surface area contributed by atoms with Crippen LogP contribution in [0.5, 0.6) is 0 Å². The van der Waals surface area contributed by atoms with Gasteiger partial charge in [-0.1, -0.05) is 12.1 Å². The van der Waals surface area contributed by atoms with Crippen LogP contribution in [0, 0.1) is 0 Å². The lowest BCUT2D eigenvalue weighted by molar-refractivity contribution is -0.150. The van der Waals surface area contributed by atoms with Crippen LogP contribution in [-0.4, -0.2) is 50.3 Å². The number of carbonyl (C=O) groups excluding carboxylic acids is 4. The molecule has 130 valence electrons. The molecule has 0 saturated carbocycles. The SMILES string of the molecule is COC(=O)C(C)OC(=O)c1ccccc1C(=O)OC(C)C(=O)OC. The van der Waals surface area contributed by atoms with Crippen molar-refractivity contribution in [3.05, 3.63) is 35.4 Å². The fourth-order valence-electron chi connectivity index (χ4n) is 1.72. The third-order valence-electron chi connectivity index (χ3n) is 3.00. The van der Waals surface area contributed by atoms with Crippen molar-refractivity contribution < 1.29 is 38.1 Å². The average molecular weight is 338 g/mol. The molecule has 0 aliphatic rings. The molecule has 1 aromatic carbocycles. The topological polar surface area (TPSA) is 105 Å². The lowest BCUT2D eigenvalue weighted by atomic mass is 10.1. The van der Waals surface area contributed by atoms with E-state index in [1.807, 2.05) is 0 Å². The Morgan fingerprint density at radius 1 is 0.750 bits per heavy atom.